The summed E-state index contributed by atoms with van der Waals surface area (Å²) in [5.41, 5.74) is 3.95. The number of carbonyl (C=O) groups excluding carboxylic acids is 1. The molecule has 1 amide bonds. The highest BCUT2D eigenvalue weighted by molar-refractivity contribution is 7.17. The summed E-state index contributed by atoms with van der Waals surface area (Å²) >= 11 is 1.65. The first-order valence-corrected chi connectivity index (χ1v) is 9.64. The van der Waals surface area contributed by atoms with Gasteiger partial charge >= 0.3 is 0 Å². The first-order valence-electron chi connectivity index (χ1n) is 8.76. The van der Waals surface area contributed by atoms with Crippen molar-refractivity contribution in [2.75, 3.05) is 7.11 Å². The zero-order valence-corrected chi connectivity index (χ0v) is 15.8. The van der Waals surface area contributed by atoms with Gasteiger partial charge in [-0.15, -0.1) is 11.3 Å². The van der Waals surface area contributed by atoms with Crippen LogP contribution in [0.1, 0.15) is 21.6 Å². The summed E-state index contributed by atoms with van der Waals surface area (Å²) in [6, 6.07) is 22.0. The zero-order valence-electron chi connectivity index (χ0n) is 15.0. The van der Waals surface area contributed by atoms with Gasteiger partial charge in [0, 0.05) is 13.1 Å². The number of methoxy groups -OCH3 is 1. The lowest BCUT2D eigenvalue weighted by Gasteiger charge is -2.11. The van der Waals surface area contributed by atoms with Crippen LogP contribution in [-0.2, 0) is 13.1 Å². The van der Waals surface area contributed by atoms with Gasteiger partial charge in [0.1, 0.15) is 11.4 Å². The Kier molecular flexibility index (Phi) is 4.94. The molecule has 0 unspecified atom stereocenters. The number of benzene rings is 2. The Hall–Kier alpha value is -3.05. The van der Waals surface area contributed by atoms with Crippen molar-refractivity contribution in [3.05, 3.63) is 88.9 Å². The van der Waals surface area contributed by atoms with E-state index in [1.54, 1.807) is 18.4 Å². The fourth-order valence-corrected chi connectivity index (χ4v) is 3.98. The number of aromatic nitrogens is 1. The lowest BCUT2D eigenvalue weighted by Crippen LogP contribution is -2.25. The SMILES string of the molecule is COc1cccc(CNC(=O)c2cc3sccc3n2Cc2ccccc2)c1. The quantitative estimate of drug-likeness (QED) is 0.530. The van der Waals surface area contributed by atoms with Crippen LogP contribution in [0, 0.1) is 0 Å². The molecule has 27 heavy (non-hydrogen) atoms. The molecule has 2 aromatic heterocycles. The van der Waals surface area contributed by atoms with E-state index in [4.69, 9.17) is 4.74 Å². The standard InChI is InChI=1S/C22H20N2O2S/c1-26-18-9-5-8-17(12-18)14-23-22(25)20-13-21-19(10-11-27-21)24(20)15-16-6-3-2-4-7-16/h2-13H,14-15H2,1H3,(H,23,25). The van der Waals surface area contributed by atoms with Crippen molar-refractivity contribution in [2.45, 2.75) is 13.1 Å². The highest BCUT2D eigenvalue weighted by Gasteiger charge is 2.16. The molecule has 0 aliphatic rings. The van der Waals surface area contributed by atoms with E-state index >= 15 is 0 Å². The minimum absolute atomic E-state index is 0.0721. The number of ether oxygens (including phenoxy) is 1. The molecule has 1 N–H and O–H groups in total. The third-order valence-electron chi connectivity index (χ3n) is 4.53. The molecule has 0 fully saturated rings. The fraction of sp³-hybridized carbons (Fsp3) is 0.136. The fourth-order valence-electron chi connectivity index (χ4n) is 3.16. The van der Waals surface area contributed by atoms with Crippen molar-refractivity contribution in [3.8, 4) is 5.75 Å². The van der Waals surface area contributed by atoms with Crippen molar-refractivity contribution in [2.24, 2.45) is 0 Å². The van der Waals surface area contributed by atoms with Gasteiger partial charge in [-0.3, -0.25) is 4.79 Å². The molecular weight excluding hydrogens is 356 g/mol. The summed E-state index contributed by atoms with van der Waals surface area (Å²) in [6.07, 6.45) is 0. The molecule has 0 spiro atoms. The maximum atomic E-state index is 12.9. The van der Waals surface area contributed by atoms with Crippen LogP contribution in [0.15, 0.2) is 72.1 Å². The van der Waals surface area contributed by atoms with Gasteiger partial charge in [-0.2, -0.15) is 0 Å². The molecule has 2 heterocycles. The molecule has 0 atom stereocenters. The van der Waals surface area contributed by atoms with E-state index in [2.05, 4.69) is 33.5 Å². The predicted octanol–water partition coefficient (Wildman–Crippen LogP) is 4.69. The van der Waals surface area contributed by atoms with Crippen LogP contribution in [0.4, 0.5) is 0 Å². The molecule has 4 rings (SSSR count). The molecular formula is C22H20N2O2S. The average Bonchev–Trinajstić information content (AvgIpc) is 3.30. The van der Waals surface area contributed by atoms with E-state index < -0.39 is 0 Å². The smallest absolute Gasteiger partial charge is 0.268 e. The summed E-state index contributed by atoms with van der Waals surface area (Å²) in [4.78, 5) is 12.9. The molecule has 0 saturated carbocycles. The lowest BCUT2D eigenvalue weighted by atomic mass is 10.2. The number of nitrogens with one attached hydrogen (secondary N) is 1. The third kappa shape index (κ3) is 3.73. The largest absolute Gasteiger partial charge is 0.497 e. The van der Waals surface area contributed by atoms with Gasteiger partial charge in [0.25, 0.3) is 5.91 Å². The van der Waals surface area contributed by atoms with Gasteiger partial charge in [0.2, 0.25) is 0 Å². The van der Waals surface area contributed by atoms with Crippen LogP contribution >= 0.6 is 11.3 Å². The number of hydrogen-bond donors (Lipinski definition) is 1. The molecule has 0 bridgehead atoms. The first kappa shape index (κ1) is 17.4. The van der Waals surface area contributed by atoms with Crippen LogP contribution in [0.2, 0.25) is 0 Å². The first-order chi connectivity index (χ1) is 13.2. The Labute approximate surface area is 162 Å². The normalized spacial score (nSPS) is 10.9. The van der Waals surface area contributed by atoms with Crippen molar-refractivity contribution in [1.29, 1.82) is 0 Å². The Morgan fingerprint density at radius 2 is 1.85 bits per heavy atom. The van der Waals surface area contributed by atoms with Crippen LogP contribution in [0.3, 0.4) is 0 Å². The number of hydrogen-bond acceptors (Lipinski definition) is 3. The second-order valence-electron chi connectivity index (χ2n) is 6.31. The Bertz CT molecular complexity index is 1070. The van der Waals surface area contributed by atoms with E-state index in [1.807, 2.05) is 48.5 Å². The van der Waals surface area contributed by atoms with E-state index in [0.717, 1.165) is 21.5 Å². The molecule has 136 valence electrons. The molecule has 0 radical (unpaired) electrons. The Morgan fingerprint density at radius 1 is 1.04 bits per heavy atom. The highest BCUT2D eigenvalue weighted by Crippen LogP contribution is 2.26. The van der Waals surface area contributed by atoms with Crippen molar-refractivity contribution >= 4 is 27.5 Å². The summed E-state index contributed by atoms with van der Waals surface area (Å²) in [6.45, 7) is 1.13. The van der Waals surface area contributed by atoms with E-state index in [-0.39, 0.29) is 5.91 Å². The molecule has 4 aromatic rings. The Balaban J connectivity index is 1.57. The van der Waals surface area contributed by atoms with Crippen LogP contribution in [0.25, 0.3) is 10.2 Å². The van der Waals surface area contributed by atoms with Crippen LogP contribution < -0.4 is 10.1 Å². The van der Waals surface area contributed by atoms with Crippen molar-refractivity contribution < 1.29 is 9.53 Å². The topological polar surface area (TPSA) is 43.3 Å². The van der Waals surface area contributed by atoms with Gasteiger partial charge in [-0.1, -0.05) is 42.5 Å². The Morgan fingerprint density at radius 3 is 2.67 bits per heavy atom. The number of fused-ring (bicyclic) bond motifs is 1. The molecule has 2 aromatic carbocycles. The maximum Gasteiger partial charge on any atom is 0.268 e. The molecule has 5 heteroatoms. The molecule has 4 nitrogen and oxygen atoms in total. The minimum Gasteiger partial charge on any atom is -0.497 e. The van der Waals surface area contributed by atoms with Crippen molar-refractivity contribution in [1.82, 2.24) is 9.88 Å². The molecule has 0 aliphatic carbocycles. The highest BCUT2D eigenvalue weighted by atomic mass is 32.1. The summed E-state index contributed by atoms with van der Waals surface area (Å²) < 4.78 is 8.45. The molecule has 0 aliphatic heterocycles. The lowest BCUT2D eigenvalue weighted by molar-refractivity contribution is 0.0942. The monoisotopic (exact) mass is 376 g/mol. The van der Waals surface area contributed by atoms with E-state index in [9.17, 15) is 4.79 Å². The number of thiophene rings is 1. The number of carbonyl (C=O) groups is 1. The number of rotatable bonds is 6. The minimum atomic E-state index is -0.0721. The van der Waals surface area contributed by atoms with Crippen LogP contribution in [0.5, 0.6) is 5.75 Å². The van der Waals surface area contributed by atoms with Gasteiger partial charge in [-0.25, -0.2) is 0 Å². The summed E-state index contributed by atoms with van der Waals surface area (Å²) in [7, 11) is 1.64. The van der Waals surface area contributed by atoms with E-state index in [0.29, 0.717) is 18.8 Å². The van der Waals surface area contributed by atoms with Gasteiger partial charge < -0.3 is 14.6 Å². The maximum absolute atomic E-state index is 12.9. The summed E-state index contributed by atoms with van der Waals surface area (Å²) in [5, 5.41) is 5.09. The second-order valence-corrected chi connectivity index (χ2v) is 7.25. The van der Waals surface area contributed by atoms with E-state index in [1.165, 1.54) is 5.56 Å². The molecule has 0 saturated heterocycles. The predicted molar refractivity (Wildman–Crippen MR) is 110 cm³/mol. The third-order valence-corrected chi connectivity index (χ3v) is 5.38. The van der Waals surface area contributed by atoms with Gasteiger partial charge in [0.05, 0.1) is 17.3 Å². The van der Waals surface area contributed by atoms with Crippen LogP contribution in [-0.4, -0.2) is 17.6 Å². The van der Waals surface area contributed by atoms with Gasteiger partial charge in [0.15, 0.2) is 0 Å². The van der Waals surface area contributed by atoms with Gasteiger partial charge in [-0.05, 0) is 40.8 Å². The van der Waals surface area contributed by atoms with Crippen molar-refractivity contribution in [3.63, 3.8) is 0 Å². The number of amides is 1. The zero-order chi connectivity index (χ0) is 18.6. The average molecular weight is 376 g/mol. The number of nitrogens with zero attached hydrogens (tertiary/aromatic N) is 1. The second kappa shape index (κ2) is 7.68. The summed E-state index contributed by atoms with van der Waals surface area (Å²) in [5.74, 6) is 0.715.